The molecule has 0 unspecified atom stereocenters. The molecule has 0 aromatic heterocycles. The lowest BCUT2D eigenvalue weighted by Gasteiger charge is -2.32. The van der Waals surface area contributed by atoms with Crippen LogP contribution in [0.2, 0.25) is 0 Å². The minimum absolute atomic E-state index is 0.0719. The average molecular weight is 359 g/mol. The Hall–Kier alpha value is -2.45. The van der Waals surface area contributed by atoms with Crippen LogP contribution >= 0.6 is 0 Å². The molecule has 0 spiro atoms. The van der Waals surface area contributed by atoms with Gasteiger partial charge in [0.1, 0.15) is 0 Å². The molecule has 2 saturated heterocycles. The second-order valence-corrected chi connectivity index (χ2v) is 6.70. The first-order chi connectivity index (χ1) is 12.5. The highest BCUT2D eigenvalue weighted by atomic mass is 16.2. The highest BCUT2D eigenvalue weighted by Gasteiger charge is 2.22. The van der Waals surface area contributed by atoms with Crippen molar-refractivity contribution < 1.29 is 14.4 Å². The molecule has 26 heavy (non-hydrogen) atoms. The molecule has 2 aliphatic heterocycles. The zero-order chi connectivity index (χ0) is 18.5. The van der Waals surface area contributed by atoms with E-state index in [1.807, 2.05) is 12.1 Å². The molecule has 140 valence electrons. The van der Waals surface area contributed by atoms with E-state index >= 15 is 0 Å². The molecule has 1 aromatic carbocycles. The third-order valence-electron chi connectivity index (χ3n) is 4.71. The van der Waals surface area contributed by atoms with Crippen molar-refractivity contribution in [3.63, 3.8) is 0 Å². The molecule has 2 N–H and O–H groups in total. The standard InChI is InChI=1S/C18H25N5O3/c1-21-9-11-22(12-10-21)20-16(24)13-19-18(26)14-4-6-15(7-5-14)23-8-2-3-17(23)25/h4-7H,2-3,8-13H2,1H3,(H,19,26)(H,20,24). The van der Waals surface area contributed by atoms with Crippen LogP contribution in [0, 0.1) is 0 Å². The van der Waals surface area contributed by atoms with Gasteiger partial charge in [0.05, 0.1) is 6.54 Å². The van der Waals surface area contributed by atoms with Gasteiger partial charge < -0.3 is 15.1 Å². The summed E-state index contributed by atoms with van der Waals surface area (Å²) < 4.78 is 0. The number of anilines is 1. The number of hydrazine groups is 1. The number of likely N-dealkylation sites (N-methyl/N-ethyl adjacent to an activating group) is 1. The number of amides is 3. The van der Waals surface area contributed by atoms with Crippen molar-refractivity contribution in [1.82, 2.24) is 20.7 Å². The molecule has 0 bridgehead atoms. The van der Waals surface area contributed by atoms with Gasteiger partial charge in [-0.1, -0.05) is 0 Å². The molecule has 2 heterocycles. The number of nitrogens with zero attached hydrogens (tertiary/aromatic N) is 3. The number of nitrogens with one attached hydrogen (secondary N) is 2. The Kier molecular flexibility index (Phi) is 5.85. The van der Waals surface area contributed by atoms with Crippen molar-refractivity contribution in [2.45, 2.75) is 12.8 Å². The van der Waals surface area contributed by atoms with E-state index in [2.05, 4.69) is 15.6 Å². The van der Waals surface area contributed by atoms with Gasteiger partial charge in [-0.3, -0.25) is 19.8 Å². The summed E-state index contributed by atoms with van der Waals surface area (Å²) in [5, 5.41) is 4.50. The van der Waals surface area contributed by atoms with Gasteiger partial charge in [0.15, 0.2) is 0 Å². The Bertz CT molecular complexity index is 668. The van der Waals surface area contributed by atoms with Crippen LogP contribution in [0.5, 0.6) is 0 Å². The average Bonchev–Trinajstić information content (AvgIpc) is 3.08. The van der Waals surface area contributed by atoms with Crippen LogP contribution in [0.4, 0.5) is 5.69 Å². The summed E-state index contributed by atoms with van der Waals surface area (Å²) in [4.78, 5) is 39.8. The molecular formula is C18H25N5O3. The minimum Gasteiger partial charge on any atom is -0.343 e. The van der Waals surface area contributed by atoms with Crippen LogP contribution < -0.4 is 15.6 Å². The quantitative estimate of drug-likeness (QED) is 0.762. The van der Waals surface area contributed by atoms with Gasteiger partial charge in [-0.25, -0.2) is 5.01 Å². The highest BCUT2D eigenvalue weighted by Crippen LogP contribution is 2.21. The highest BCUT2D eigenvalue weighted by molar-refractivity contribution is 5.98. The maximum atomic E-state index is 12.2. The monoisotopic (exact) mass is 359 g/mol. The molecule has 0 saturated carbocycles. The number of hydrogen-bond acceptors (Lipinski definition) is 5. The fourth-order valence-electron chi connectivity index (χ4n) is 3.11. The first-order valence-corrected chi connectivity index (χ1v) is 8.94. The summed E-state index contributed by atoms with van der Waals surface area (Å²) in [6.45, 7) is 3.99. The van der Waals surface area contributed by atoms with Crippen molar-refractivity contribution in [2.24, 2.45) is 0 Å². The van der Waals surface area contributed by atoms with Crippen molar-refractivity contribution in [2.75, 3.05) is 51.2 Å². The van der Waals surface area contributed by atoms with E-state index in [-0.39, 0.29) is 24.3 Å². The summed E-state index contributed by atoms with van der Waals surface area (Å²) in [5.74, 6) is -0.428. The first kappa shape index (κ1) is 18.3. The van der Waals surface area contributed by atoms with Crippen LogP contribution in [0.3, 0.4) is 0 Å². The lowest BCUT2D eigenvalue weighted by molar-refractivity contribution is -0.125. The fraction of sp³-hybridized carbons (Fsp3) is 0.500. The van der Waals surface area contributed by atoms with E-state index < -0.39 is 0 Å². The van der Waals surface area contributed by atoms with Gasteiger partial charge in [-0.15, -0.1) is 0 Å². The van der Waals surface area contributed by atoms with Gasteiger partial charge in [0.25, 0.3) is 11.8 Å². The van der Waals surface area contributed by atoms with E-state index in [0.29, 0.717) is 12.0 Å². The SMILES string of the molecule is CN1CCN(NC(=O)CNC(=O)c2ccc(N3CCCC3=O)cc2)CC1. The molecule has 3 amide bonds. The summed E-state index contributed by atoms with van der Waals surface area (Å²) in [7, 11) is 2.05. The number of piperazine rings is 1. The second-order valence-electron chi connectivity index (χ2n) is 6.70. The van der Waals surface area contributed by atoms with Crippen LogP contribution in [0.1, 0.15) is 23.2 Å². The van der Waals surface area contributed by atoms with E-state index in [4.69, 9.17) is 0 Å². The number of hydrogen-bond donors (Lipinski definition) is 2. The summed E-state index contributed by atoms with van der Waals surface area (Å²) in [6, 6.07) is 6.88. The maximum absolute atomic E-state index is 12.2. The molecule has 2 aliphatic rings. The Morgan fingerprint density at radius 1 is 1.04 bits per heavy atom. The zero-order valence-corrected chi connectivity index (χ0v) is 15.0. The van der Waals surface area contributed by atoms with Gasteiger partial charge in [-0.2, -0.15) is 0 Å². The molecule has 0 aliphatic carbocycles. The van der Waals surface area contributed by atoms with Gasteiger partial charge in [0, 0.05) is 50.4 Å². The molecule has 8 nitrogen and oxygen atoms in total. The second kappa shape index (κ2) is 8.29. The van der Waals surface area contributed by atoms with Crippen molar-refractivity contribution >= 4 is 23.4 Å². The predicted octanol–water partition coefficient (Wildman–Crippen LogP) is -0.178. The van der Waals surface area contributed by atoms with Crippen LogP contribution in [0.15, 0.2) is 24.3 Å². The molecular weight excluding hydrogens is 334 g/mol. The van der Waals surface area contributed by atoms with Crippen LogP contribution in [-0.2, 0) is 9.59 Å². The number of benzene rings is 1. The third-order valence-corrected chi connectivity index (χ3v) is 4.71. The van der Waals surface area contributed by atoms with E-state index in [9.17, 15) is 14.4 Å². The number of carbonyl (C=O) groups is 3. The summed E-state index contributed by atoms with van der Waals surface area (Å²) in [6.07, 6.45) is 1.44. The Labute approximate surface area is 153 Å². The molecule has 3 rings (SSSR count). The largest absolute Gasteiger partial charge is 0.343 e. The van der Waals surface area contributed by atoms with Gasteiger partial charge in [0.2, 0.25) is 5.91 Å². The van der Waals surface area contributed by atoms with Crippen molar-refractivity contribution in [3.8, 4) is 0 Å². The smallest absolute Gasteiger partial charge is 0.253 e. The van der Waals surface area contributed by atoms with E-state index in [1.165, 1.54) is 0 Å². The normalized spacial score (nSPS) is 18.8. The lowest BCUT2D eigenvalue weighted by atomic mass is 10.2. The lowest BCUT2D eigenvalue weighted by Crippen LogP contribution is -2.54. The van der Waals surface area contributed by atoms with Gasteiger partial charge in [-0.05, 0) is 37.7 Å². The predicted molar refractivity (Wildman–Crippen MR) is 97.6 cm³/mol. The summed E-state index contributed by atoms with van der Waals surface area (Å²) in [5.41, 5.74) is 4.07. The Balaban J connectivity index is 1.45. The number of carbonyl (C=O) groups excluding carboxylic acids is 3. The third kappa shape index (κ3) is 4.59. The molecule has 0 radical (unpaired) electrons. The Morgan fingerprint density at radius 2 is 1.73 bits per heavy atom. The molecule has 1 aromatic rings. The van der Waals surface area contributed by atoms with Gasteiger partial charge >= 0.3 is 0 Å². The fourth-order valence-corrected chi connectivity index (χ4v) is 3.11. The minimum atomic E-state index is -0.308. The van der Waals surface area contributed by atoms with Crippen LogP contribution in [-0.4, -0.2) is 73.9 Å². The number of rotatable bonds is 5. The topological polar surface area (TPSA) is 85.0 Å². The molecule has 2 fully saturated rings. The Morgan fingerprint density at radius 3 is 2.35 bits per heavy atom. The van der Waals surface area contributed by atoms with Crippen molar-refractivity contribution in [1.29, 1.82) is 0 Å². The molecule has 8 heteroatoms. The molecule has 0 atom stereocenters. The maximum Gasteiger partial charge on any atom is 0.253 e. The van der Waals surface area contributed by atoms with E-state index in [1.54, 1.807) is 29.2 Å². The van der Waals surface area contributed by atoms with Crippen molar-refractivity contribution in [3.05, 3.63) is 29.8 Å². The zero-order valence-electron chi connectivity index (χ0n) is 15.0. The van der Waals surface area contributed by atoms with E-state index in [0.717, 1.165) is 44.8 Å². The summed E-state index contributed by atoms with van der Waals surface area (Å²) >= 11 is 0. The first-order valence-electron chi connectivity index (χ1n) is 8.94. The van der Waals surface area contributed by atoms with Crippen LogP contribution in [0.25, 0.3) is 0 Å².